The van der Waals surface area contributed by atoms with Crippen molar-refractivity contribution in [1.29, 1.82) is 0 Å². The lowest BCUT2D eigenvalue weighted by Gasteiger charge is -2.13. The number of carbonyl (C=O) groups is 1. The molecule has 1 amide bonds. The molecule has 3 N–H and O–H groups in total. The van der Waals surface area contributed by atoms with Gasteiger partial charge in [-0.3, -0.25) is 4.79 Å². The van der Waals surface area contributed by atoms with E-state index in [-0.39, 0.29) is 18.4 Å². The number of nitrogens with one attached hydrogen (secondary N) is 1. The van der Waals surface area contributed by atoms with E-state index in [1.807, 2.05) is 55.5 Å². The maximum Gasteiger partial charge on any atom is 0.226 e. The summed E-state index contributed by atoms with van der Waals surface area (Å²) >= 11 is 3.42. The Hall–Kier alpha value is -1.65. The van der Waals surface area contributed by atoms with E-state index in [1.165, 1.54) is 0 Å². The Kier molecular flexibility index (Phi) is 4.93. The van der Waals surface area contributed by atoms with E-state index in [1.54, 1.807) is 0 Å². The summed E-state index contributed by atoms with van der Waals surface area (Å²) in [7, 11) is 0. The molecule has 2 aromatic carbocycles. The van der Waals surface area contributed by atoms with Crippen LogP contribution in [0.4, 0.5) is 5.69 Å². The van der Waals surface area contributed by atoms with Gasteiger partial charge in [-0.25, -0.2) is 0 Å². The van der Waals surface area contributed by atoms with E-state index >= 15 is 0 Å². The summed E-state index contributed by atoms with van der Waals surface area (Å²) < 4.78 is 0.865. The number of aryl methyl sites for hydroxylation is 1. The molecule has 1 unspecified atom stereocenters. The van der Waals surface area contributed by atoms with Crippen molar-refractivity contribution in [2.24, 2.45) is 5.73 Å². The number of rotatable bonds is 4. The summed E-state index contributed by atoms with van der Waals surface area (Å²) in [6, 6.07) is 15.2. The van der Waals surface area contributed by atoms with Crippen molar-refractivity contribution in [1.82, 2.24) is 0 Å². The Labute approximate surface area is 127 Å². The van der Waals surface area contributed by atoms with Crippen molar-refractivity contribution in [3.05, 3.63) is 64.1 Å². The van der Waals surface area contributed by atoms with Crippen LogP contribution in [-0.2, 0) is 4.79 Å². The monoisotopic (exact) mass is 332 g/mol. The number of halogens is 1. The highest BCUT2D eigenvalue weighted by atomic mass is 79.9. The molecule has 0 aliphatic heterocycles. The first kappa shape index (κ1) is 14.8. The number of hydrogen-bond acceptors (Lipinski definition) is 2. The largest absolute Gasteiger partial charge is 0.325 e. The molecule has 0 saturated heterocycles. The van der Waals surface area contributed by atoms with Gasteiger partial charge in [-0.2, -0.15) is 0 Å². The van der Waals surface area contributed by atoms with Gasteiger partial charge in [0.1, 0.15) is 0 Å². The molecular formula is C16H17BrN2O. The predicted molar refractivity (Wildman–Crippen MR) is 85.5 cm³/mol. The van der Waals surface area contributed by atoms with Gasteiger partial charge in [-0.1, -0.05) is 36.4 Å². The molecule has 2 aromatic rings. The maximum atomic E-state index is 12.0. The fourth-order valence-corrected chi connectivity index (χ4v) is 2.30. The van der Waals surface area contributed by atoms with Crippen molar-refractivity contribution in [3.8, 4) is 0 Å². The van der Waals surface area contributed by atoms with Gasteiger partial charge >= 0.3 is 0 Å². The Morgan fingerprint density at radius 3 is 2.65 bits per heavy atom. The molecule has 0 saturated carbocycles. The van der Waals surface area contributed by atoms with Crippen LogP contribution >= 0.6 is 15.9 Å². The molecule has 0 bridgehead atoms. The number of benzene rings is 2. The molecule has 104 valence electrons. The van der Waals surface area contributed by atoms with Crippen LogP contribution in [0.15, 0.2) is 53.0 Å². The van der Waals surface area contributed by atoms with Gasteiger partial charge in [0.05, 0.1) is 5.69 Å². The van der Waals surface area contributed by atoms with Gasteiger partial charge < -0.3 is 11.1 Å². The van der Waals surface area contributed by atoms with Gasteiger partial charge in [0.2, 0.25) is 5.91 Å². The van der Waals surface area contributed by atoms with Crippen LogP contribution in [0.5, 0.6) is 0 Å². The first-order chi connectivity index (χ1) is 9.56. The second kappa shape index (κ2) is 6.68. The molecule has 0 radical (unpaired) electrons. The van der Waals surface area contributed by atoms with Crippen LogP contribution in [0.3, 0.4) is 0 Å². The number of nitrogens with two attached hydrogens (primary N) is 1. The molecule has 0 heterocycles. The summed E-state index contributed by atoms with van der Waals surface area (Å²) in [5.41, 5.74) is 8.88. The van der Waals surface area contributed by atoms with E-state index in [9.17, 15) is 4.79 Å². The summed E-state index contributed by atoms with van der Waals surface area (Å²) in [5, 5.41) is 2.89. The molecule has 0 spiro atoms. The molecule has 0 aliphatic carbocycles. The molecule has 4 heteroatoms. The van der Waals surface area contributed by atoms with Crippen LogP contribution < -0.4 is 11.1 Å². The maximum absolute atomic E-state index is 12.0. The molecule has 20 heavy (non-hydrogen) atoms. The van der Waals surface area contributed by atoms with Gasteiger partial charge in [-0.15, -0.1) is 0 Å². The minimum absolute atomic E-state index is 0.0901. The van der Waals surface area contributed by atoms with Gasteiger partial charge in [0.25, 0.3) is 0 Å². The van der Waals surface area contributed by atoms with E-state index in [2.05, 4.69) is 21.2 Å². The number of anilines is 1. The minimum Gasteiger partial charge on any atom is -0.325 e. The third kappa shape index (κ3) is 3.92. The summed E-state index contributed by atoms with van der Waals surface area (Å²) in [4.78, 5) is 12.0. The highest BCUT2D eigenvalue weighted by molar-refractivity contribution is 9.10. The van der Waals surface area contributed by atoms with Crippen LogP contribution in [0, 0.1) is 6.92 Å². The SMILES string of the molecule is Cc1ccc(Br)c(NC(=O)CC(N)c2ccccc2)c1. The average molecular weight is 333 g/mol. The lowest BCUT2D eigenvalue weighted by molar-refractivity contribution is -0.116. The zero-order valence-corrected chi connectivity index (χ0v) is 12.9. The first-order valence-electron chi connectivity index (χ1n) is 6.43. The summed E-state index contributed by atoms with van der Waals surface area (Å²) in [5.74, 6) is -0.0901. The molecule has 0 aromatic heterocycles. The number of amides is 1. The zero-order chi connectivity index (χ0) is 14.5. The molecule has 1 atom stereocenters. The Morgan fingerprint density at radius 1 is 1.25 bits per heavy atom. The quantitative estimate of drug-likeness (QED) is 0.894. The van der Waals surface area contributed by atoms with Crippen molar-refractivity contribution in [3.63, 3.8) is 0 Å². The Morgan fingerprint density at radius 2 is 1.95 bits per heavy atom. The van der Waals surface area contributed by atoms with E-state index < -0.39 is 0 Å². The van der Waals surface area contributed by atoms with Gasteiger partial charge in [0, 0.05) is 16.9 Å². The van der Waals surface area contributed by atoms with E-state index in [4.69, 9.17) is 5.73 Å². The highest BCUT2D eigenvalue weighted by Crippen LogP contribution is 2.24. The standard InChI is InChI=1S/C16H17BrN2O/c1-11-7-8-13(17)15(9-11)19-16(20)10-14(18)12-5-3-2-4-6-12/h2-9,14H,10,18H2,1H3,(H,19,20). The zero-order valence-electron chi connectivity index (χ0n) is 11.3. The highest BCUT2D eigenvalue weighted by Gasteiger charge is 2.12. The fraction of sp³-hybridized carbons (Fsp3) is 0.188. The van der Waals surface area contributed by atoms with Crippen LogP contribution in [0.2, 0.25) is 0 Å². The summed E-state index contributed by atoms with van der Waals surface area (Å²) in [6.07, 6.45) is 0.254. The van der Waals surface area contributed by atoms with E-state index in [0.717, 1.165) is 21.3 Å². The van der Waals surface area contributed by atoms with Crippen molar-refractivity contribution < 1.29 is 4.79 Å². The minimum atomic E-state index is -0.292. The van der Waals surface area contributed by atoms with Crippen molar-refractivity contribution >= 4 is 27.5 Å². The lowest BCUT2D eigenvalue weighted by atomic mass is 10.0. The molecule has 3 nitrogen and oxygen atoms in total. The predicted octanol–water partition coefficient (Wildman–Crippen LogP) is 3.79. The van der Waals surface area contributed by atoms with Crippen LogP contribution in [-0.4, -0.2) is 5.91 Å². The fourth-order valence-electron chi connectivity index (χ4n) is 1.95. The van der Waals surface area contributed by atoms with Crippen LogP contribution in [0.25, 0.3) is 0 Å². The molecule has 2 rings (SSSR count). The van der Waals surface area contributed by atoms with Gasteiger partial charge in [-0.05, 0) is 46.1 Å². The lowest BCUT2D eigenvalue weighted by Crippen LogP contribution is -2.20. The van der Waals surface area contributed by atoms with Crippen molar-refractivity contribution in [2.45, 2.75) is 19.4 Å². The second-order valence-corrected chi connectivity index (χ2v) is 5.61. The third-order valence-corrected chi connectivity index (χ3v) is 3.72. The Bertz CT molecular complexity index is 599. The smallest absolute Gasteiger partial charge is 0.226 e. The number of hydrogen-bond donors (Lipinski definition) is 2. The average Bonchev–Trinajstić information content (AvgIpc) is 2.43. The van der Waals surface area contributed by atoms with Crippen molar-refractivity contribution in [2.75, 3.05) is 5.32 Å². The third-order valence-electron chi connectivity index (χ3n) is 3.03. The second-order valence-electron chi connectivity index (χ2n) is 4.75. The molecule has 0 aliphatic rings. The first-order valence-corrected chi connectivity index (χ1v) is 7.22. The normalized spacial score (nSPS) is 11.9. The number of carbonyl (C=O) groups excluding carboxylic acids is 1. The van der Waals surface area contributed by atoms with E-state index in [0.29, 0.717) is 0 Å². The topological polar surface area (TPSA) is 55.1 Å². The Balaban J connectivity index is 2.01. The van der Waals surface area contributed by atoms with Gasteiger partial charge in [0.15, 0.2) is 0 Å². The van der Waals surface area contributed by atoms with Crippen LogP contribution in [0.1, 0.15) is 23.6 Å². The summed E-state index contributed by atoms with van der Waals surface area (Å²) in [6.45, 7) is 1.98. The molecule has 0 fully saturated rings. The molecular weight excluding hydrogens is 316 g/mol.